The number of hydrogen-bond donors (Lipinski definition) is 2. The highest BCUT2D eigenvalue weighted by Gasteiger charge is 2.09. The van der Waals surface area contributed by atoms with Gasteiger partial charge in [-0.1, -0.05) is 17.3 Å². The van der Waals surface area contributed by atoms with Crippen molar-refractivity contribution in [3.63, 3.8) is 0 Å². The summed E-state index contributed by atoms with van der Waals surface area (Å²) < 4.78 is 34.4. The third-order valence-corrected chi connectivity index (χ3v) is 4.84. The molecule has 0 aliphatic rings. The van der Waals surface area contributed by atoms with Gasteiger partial charge in [0.05, 0.1) is 30.3 Å². The highest BCUT2D eigenvalue weighted by molar-refractivity contribution is 9.10. The Bertz CT molecular complexity index is 1250. The molecule has 11 heteroatoms. The van der Waals surface area contributed by atoms with Crippen LogP contribution in [0, 0.1) is 11.6 Å². The molecule has 0 radical (unpaired) electrons. The summed E-state index contributed by atoms with van der Waals surface area (Å²) in [5.41, 5.74) is 1.79. The quantitative estimate of drug-likeness (QED) is 0.395. The van der Waals surface area contributed by atoms with Gasteiger partial charge in [-0.2, -0.15) is 0 Å². The molecular weight excluding hydrogens is 486 g/mol. The zero-order valence-corrected chi connectivity index (χ0v) is 17.9. The second-order valence-electron chi connectivity index (χ2n) is 6.48. The molecule has 0 atom stereocenters. The van der Waals surface area contributed by atoms with E-state index in [0.717, 1.165) is 16.2 Å². The lowest BCUT2D eigenvalue weighted by Gasteiger charge is -2.08. The maximum absolute atomic E-state index is 13.7. The highest BCUT2D eigenvalue weighted by atomic mass is 79.9. The van der Waals surface area contributed by atoms with Gasteiger partial charge in [-0.05, 0) is 46.3 Å². The summed E-state index contributed by atoms with van der Waals surface area (Å²) in [6.07, 6.45) is 3.06. The van der Waals surface area contributed by atoms with Crippen molar-refractivity contribution in [1.29, 1.82) is 0 Å². The standard InChI is InChI=1S/C21H15BrF2N6O2/c22-16-3-1-2-4-18(16)30-12-15(28-29-30)11-26-21(31)27-14-6-8-20(25-10-14)32-19-7-5-13(23)9-17(19)24/h1-10,12H,11H2,(H2,26,27,31). The highest BCUT2D eigenvalue weighted by Crippen LogP contribution is 2.24. The molecule has 32 heavy (non-hydrogen) atoms. The van der Waals surface area contributed by atoms with Gasteiger partial charge in [-0.15, -0.1) is 5.10 Å². The van der Waals surface area contributed by atoms with E-state index in [1.54, 1.807) is 10.9 Å². The molecule has 0 saturated heterocycles. The second-order valence-corrected chi connectivity index (χ2v) is 7.33. The van der Waals surface area contributed by atoms with Crippen molar-refractivity contribution in [3.8, 4) is 17.3 Å². The number of carbonyl (C=O) groups excluding carboxylic acids is 1. The number of ether oxygens (including phenoxy) is 1. The molecule has 0 saturated carbocycles. The third kappa shape index (κ3) is 5.24. The molecule has 2 aromatic carbocycles. The number of nitrogens with one attached hydrogen (secondary N) is 2. The zero-order valence-electron chi connectivity index (χ0n) is 16.3. The van der Waals surface area contributed by atoms with Crippen LogP contribution in [0.2, 0.25) is 0 Å². The summed E-state index contributed by atoms with van der Waals surface area (Å²) in [6.45, 7) is 0.161. The van der Waals surface area contributed by atoms with E-state index in [-0.39, 0.29) is 18.2 Å². The Morgan fingerprint density at radius 3 is 2.72 bits per heavy atom. The molecule has 2 N–H and O–H groups in total. The minimum absolute atomic E-state index is 0.0881. The zero-order chi connectivity index (χ0) is 22.5. The third-order valence-electron chi connectivity index (χ3n) is 4.17. The first-order valence-corrected chi connectivity index (χ1v) is 10.1. The predicted octanol–water partition coefficient (Wildman–Crippen LogP) is 4.82. The number of amides is 2. The van der Waals surface area contributed by atoms with Gasteiger partial charge in [-0.3, -0.25) is 0 Å². The molecule has 2 aromatic heterocycles. The number of para-hydroxylation sites is 1. The minimum Gasteiger partial charge on any atom is -0.436 e. The second kappa shape index (κ2) is 9.52. The van der Waals surface area contributed by atoms with Crippen molar-refractivity contribution in [2.24, 2.45) is 0 Å². The lowest BCUT2D eigenvalue weighted by molar-refractivity contribution is 0.251. The van der Waals surface area contributed by atoms with Crippen LogP contribution in [0.15, 0.2) is 71.5 Å². The molecule has 8 nitrogen and oxygen atoms in total. The number of aromatic nitrogens is 4. The fraction of sp³-hybridized carbons (Fsp3) is 0.0476. The van der Waals surface area contributed by atoms with Crippen molar-refractivity contribution in [3.05, 3.63) is 88.8 Å². The van der Waals surface area contributed by atoms with E-state index in [0.29, 0.717) is 17.4 Å². The van der Waals surface area contributed by atoms with Crippen LogP contribution in [0.1, 0.15) is 5.69 Å². The number of anilines is 1. The summed E-state index contributed by atoms with van der Waals surface area (Å²) in [5, 5.41) is 13.4. The van der Waals surface area contributed by atoms with Crippen molar-refractivity contribution < 1.29 is 18.3 Å². The topological polar surface area (TPSA) is 94.0 Å². The number of nitrogens with zero attached hydrogens (tertiary/aromatic N) is 4. The van der Waals surface area contributed by atoms with Crippen LogP contribution >= 0.6 is 15.9 Å². The number of rotatable bonds is 6. The Morgan fingerprint density at radius 2 is 1.97 bits per heavy atom. The van der Waals surface area contributed by atoms with Crippen LogP contribution in [0.3, 0.4) is 0 Å². The van der Waals surface area contributed by atoms with Gasteiger partial charge in [0.1, 0.15) is 11.5 Å². The molecule has 0 aliphatic carbocycles. The molecular formula is C21H15BrF2N6O2. The molecule has 0 fully saturated rings. The fourth-order valence-corrected chi connectivity index (χ4v) is 3.13. The lowest BCUT2D eigenvalue weighted by atomic mass is 10.3. The fourth-order valence-electron chi connectivity index (χ4n) is 2.67. The van der Waals surface area contributed by atoms with Crippen LogP contribution < -0.4 is 15.4 Å². The minimum atomic E-state index is -0.843. The molecule has 0 aliphatic heterocycles. The number of benzene rings is 2. The first kappa shape index (κ1) is 21.4. The van der Waals surface area contributed by atoms with Gasteiger partial charge in [0.15, 0.2) is 11.6 Å². The van der Waals surface area contributed by atoms with E-state index in [9.17, 15) is 13.6 Å². The summed E-state index contributed by atoms with van der Waals surface area (Å²) in [5.74, 6) is -1.62. The van der Waals surface area contributed by atoms with Crippen LogP contribution in [0.25, 0.3) is 5.69 Å². The number of hydrogen-bond acceptors (Lipinski definition) is 5. The molecule has 2 amide bonds. The van der Waals surface area contributed by atoms with E-state index in [4.69, 9.17) is 4.74 Å². The number of pyridine rings is 1. The van der Waals surface area contributed by atoms with Crippen molar-refractivity contribution in [1.82, 2.24) is 25.3 Å². The maximum Gasteiger partial charge on any atom is 0.319 e. The molecule has 4 rings (SSSR count). The first-order valence-electron chi connectivity index (χ1n) is 9.28. The van der Waals surface area contributed by atoms with Gasteiger partial charge >= 0.3 is 6.03 Å². The Morgan fingerprint density at radius 1 is 1.12 bits per heavy atom. The molecule has 0 unspecified atom stereocenters. The van der Waals surface area contributed by atoms with E-state index >= 15 is 0 Å². The van der Waals surface area contributed by atoms with Gasteiger partial charge in [0.25, 0.3) is 0 Å². The number of urea groups is 1. The summed E-state index contributed by atoms with van der Waals surface area (Å²) in [7, 11) is 0. The Kier molecular flexibility index (Phi) is 6.36. The molecule has 162 valence electrons. The normalized spacial score (nSPS) is 10.6. The maximum atomic E-state index is 13.7. The number of halogens is 3. The van der Waals surface area contributed by atoms with Crippen LogP contribution in [-0.2, 0) is 6.54 Å². The molecule has 2 heterocycles. The SMILES string of the molecule is O=C(NCc1cn(-c2ccccc2Br)nn1)Nc1ccc(Oc2ccc(F)cc2F)nc1. The predicted molar refractivity (Wildman–Crippen MR) is 116 cm³/mol. The Balaban J connectivity index is 1.30. The lowest BCUT2D eigenvalue weighted by Crippen LogP contribution is -2.28. The van der Waals surface area contributed by atoms with Crippen LogP contribution in [0.5, 0.6) is 11.6 Å². The largest absolute Gasteiger partial charge is 0.436 e. The van der Waals surface area contributed by atoms with Crippen LogP contribution in [-0.4, -0.2) is 26.0 Å². The van der Waals surface area contributed by atoms with E-state index in [1.807, 2.05) is 24.3 Å². The van der Waals surface area contributed by atoms with E-state index in [2.05, 4.69) is 41.9 Å². The first-order chi connectivity index (χ1) is 15.5. The van der Waals surface area contributed by atoms with Crippen molar-refractivity contribution >= 4 is 27.6 Å². The smallest absolute Gasteiger partial charge is 0.319 e. The van der Waals surface area contributed by atoms with E-state index in [1.165, 1.54) is 24.4 Å². The Hall–Kier alpha value is -3.86. The van der Waals surface area contributed by atoms with Crippen molar-refractivity contribution in [2.75, 3.05) is 5.32 Å². The monoisotopic (exact) mass is 500 g/mol. The average molecular weight is 501 g/mol. The Labute approximate surface area is 189 Å². The molecule has 4 aromatic rings. The molecule has 0 spiro atoms. The van der Waals surface area contributed by atoms with Gasteiger partial charge < -0.3 is 15.4 Å². The van der Waals surface area contributed by atoms with Gasteiger partial charge in [-0.25, -0.2) is 23.2 Å². The summed E-state index contributed by atoms with van der Waals surface area (Å²) >= 11 is 3.45. The summed E-state index contributed by atoms with van der Waals surface area (Å²) in [6, 6.07) is 13.0. The van der Waals surface area contributed by atoms with E-state index < -0.39 is 17.7 Å². The van der Waals surface area contributed by atoms with Crippen molar-refractivity contribution in [2.45, 2.75) is 6.54 Å². The average Bonchev–Trinajstić information content (AvgIpc) is 3.25. The van der Waals surface area contributed by atoms with Gasteiger partial charge in [0, 0.05) is 16.6 Å². The van der Waals surface area contributed by atoms with Crippen LogP contribution in [0.4, 0.5) is 19.3 Å². The number of carbonyl (C=O) groups is 1. The molecule has 0 bridgehead atoms. The van der Waals surface area contributed by atoms with Gasteiger partial charge in [0.2, 0.25) is 5.88 Å². The summed E-state index contributed by atoms with van der Waals surface area (Å²) in [4.78, 5) is 16.1.